The van der Waals surface area contributed by atoms with Crippen LogP contribution in [0.3, 0.4) is 0 Å². The van der Waals surface area contributed by atoms with Gasteiger partial charge in [0.15, 0.2) is 0 Å². The summed E-state index contributed by atoms with van der Waals surface area (Å²) < 4.78 is 6.02. The first-order valence-electron chi connectivity index (χ1n) is 6.85. The summed E-state index contributed by atoms with van der Waals surface area (Å²) in [6.45, 7) is 5.61. The second-order valence-corrected chi connectivity index (χ2v) is 14.4. The standard InChI is InChI=1S/C12H15N2O4.2CH3.Sn.H/c1-12(2,3)18-11(15)13-8-9-5-4-6-10(7-9)14(16)17;;;;/h4-6H,8H2,1-3H3,(H,13,15);2*1H3;;. The molecular formula is C14H22N2O4Sn. The molecule has 116 valence electrons. The second-order valence-electron chi connectivity index (χ2n) is 6.12. The molecule has 0 bridgehead atoms. The predicted octanol–water partition coefficient (Wildman–Crippen LogP) is 2.31. The van der Waals surface area contributed by atoms with Gasteiger partial charge >= 0.3 is 132 Å². The summed E-state index contributed by atoms with van der Waals surface area (Å²) in [6.07, 6.45) is -0.515. The number of ether oxygens (including phenoxy) is 1. The molecule has 1 N–H and O–H groups in total. The van der Waals surface area contributed by atoms with E-state index in [1.54, 1.807) is 26.8 Å². The van der Waals surface area contributed by atoms with Crippen molar-refractivity contribution in [3.63, 3.8) is 0 Å². The Hall–Kier alpha value is -1.31. The molecule has 0 spiro atoms. The number of nitro groups is 1. The first-order chi connectivity index (χ1) is 9.61. The number of carbonyl (C=O) groups is 1. The van der Waals surface area contributed by atoms with Gasteiger partial charge in [-0.05, 0) is 0 Å². The normalized spacial score (nSPS) is 11.3. The van der Waals surface area contributed by atoms with Crippen molar-refractivity contribution in [3.8, 4) is 0 Å². The molecule has 6 nitrogen and oxygen atoms in total. The summed E-state index contributed by atoms with van der Waals surface area (Å²) in [6, 6.07) is 5.02. The zero-order chi connectivity index (χ0) is 16.2. The number of carbonyl (C=O) groups excluding carboxylic acids is 1. The summed E-state index contributed by atoms with van der Waals surface area (Å²) in [5.74, 6) is 0. The first-order valence-corrected chi connectivity index (χ1v) is 15.1. The summed E-state index contributed by atoms with van der Waals surface area (Å²) in [4.78, 5) is 26.7. The Labute approximate surface area is 131 Å². The van der Waals surface area contributed by atoms with Gasteiger partial charge < -0.3 is 0 Å². The third kappa shape index (κ3) is 5.53. The van der Waals surface area contributed by atoms with Crippen LogP contribution < -0.4 is 8.90 Å². The van der Waals surface area contributed by atoms with Crippen molar-refractivity contribution in [2.24, 2.45) is 0 Å². The summed E-state index contributed by atoms with van der Waals surface area (Å²) >= 11 is -2.11. The second kappa shape index (κ2) is 7.10. The Morgan fingerprint density at radius 2 is 2.00 bits per heavy atom. The molecule has 1 rings (SSSR count). The third-order valence-electron chi connectivity index (χ3n) is 2.77. The molecule has 1 amide bonds. The fourth-order valence-corrected chi connectivity index (χ4v) is 7.01. The Balaban J connectivity index is 2.91. The van der Waals surface area contributed by atoms with E-state index in [1.165, 1.54) is 6.07 Å². The van der Waals surface area contributed by atoms with E-state index in [1.807, 2.05) is 6.07 Å². The molecule has 0 heterocycles. The van der Waals surface area contributed by atoms with E-state index in [9.17, 15) is 14.9 Å². The molecule has 0 unspecified atom stereocenters. The summed E-state index contributed by atoms with van der Waals surface area (Å²) in [5.41, 5.74) is 0.428. The zero-order valence-electron chi connectivity index (χ0n) is 13.1. The molecule has 0 radical (unpaired) electrons. The quantitative estimate of drug-likeness (QED) is 0.477. The van der Waals surface area contributed by atoms with Crippen LogP contribution in [0.25, 0.3) is 0 Å². The molecule has 0 aliphatic rings. The molecule has 0 fully saturated rings. The average molecular weight is 401 g/mol. The minimum absolute atomic E-state index is 0.171. The average Bonchev–Trinajstić information content (AvgIpc) is 2.33. The van der Waals surface area contributed by atoms with Crippen molar-refractivity contribution in [1.29, 1.82) is 0 Å². The van der Waals surface area contributed by atoms with Gasteiger partial charge in [-0.15, -0.1) is 0 Å². The number of nitrogens with one attached hydrogen (secondary N) is 1. The van der Waals surface area contributed by atoms with E-state index in [-0.39, 0.29) is 17.2 Å². The summed E-state index contributed by atoms with van der Waals surface area (Å²) in [5, 5.41) is 13.8. The van der Waals surface area contributed by atoms with Crippen LogP contribution in [0.15, 0.2) is 18.2 Å². The van der Waals surface area contributed by atoms with E-state index in [0.717, 1.165) is 9.14 Å². The van der Waals surface area contributed by atoms with Crippen LogP contribution >= 0.6 is 0 Å². The van der Waals surface area contributed by atoms with E-state index >= 15 is 0 Å². The number of benzene rings is 1. The van der Waals surface area contributed by atoms with Crippen molar-refractivity contribution in [2.75, 3.05) is 0 Å². The minimum atomic E-state index is -2.11. The summed E-state index contributed by atoms with van der Waals surface area (Å²) in [7, 11) is 0. The first kappa shape index (κ1) is 17.7. The fourth-order valence-electron chi connectivity index (χ4n) is 2.06. The molecule has 1 aromatic carbocycles. The Bertz CT molecular complexity index is 538. The van der Waals surface area contributed by atoms with E-state index in [0.29, 0.717) is 0 Å². The molecule has 21 heavy (non-hydrogen) atoms. The van der Waals surface area contributed by atoms with E-state index in [4.69, 9.17) is 4.74 Å². The van der Waals surface area contributed by atoms with Gasteiger partial charge in [-0.3, -0.25) is 0 Å². The van der Waals surface area contributed by atoms with Gasteiger partial charge in [0.2, 0.25) is 0 Å². The molecule has 0 saturated carbocycles. The third-order valence-corrected chi connectivity index (χ3v) is 7.97. The van der Waals surface area contributed by atoms with E-state index in [2.05, 4.69) is 15.2 Å². The van der Waals surface area contributed by atoms with Crippen LogP contribution in [0.4, 0.5) is 10.5 Å². The SMILES string of the molecule is [CH3][SnH]([CH3])[c]1c(CNC(=O)OC(C)(C)C)cccc1[N+](=O)[O-]. The molecule has 0 atom stereocenters. The van der Waals surface area contributed by atoms with Gasteiger partial charge in [0.25, 0.3) is 0 Å². The predicted molar refractivity (Wildman–Crippen MR) is 84.7 cm³/mol. The van der Waals surface area contributed by atoms with Crippen LogP contribution in [0.1, 0.15) is 26.3 Å². The number of alkyl carbamates (subject to hydrolysis) is 1. The van der Waals surface area contributed by atoms with Crippen molar-refractivity contribution in [3.05, 3.63) is 33.9 Å². The van der Waals surface area contributed by atoms with Gasteiger partial charge in [0, 0.05) is 0 Å². The van der Waals surface area contributed by atoms with Gasteiger partial charge in [-0.2, -0.15) is 0 Å². The topological polar surface area (TPSA) is 81.5 Å². The molecule has 0 aromatic heterocycles. The molecule has 1 aromatic rings. The number of hydrogen-bond acceptors (Lipinski definition) is 4. The number of amides is 1. The maximum absolute atomic E-state index is 11.7. The Kier molecular flexibility index (Phi) is 6.00. The van der Waals surface area contributed by atoms with Crippen LogP contribution in [-0.4, -0.2) is 36.4 Å². The Morgan fingerprint density at radius 3 is 2.48 bits per heavy atom. The van der Waals surface area contributed by atoms with Crippen LogP contribution in [0.5, 0.6) is 0 Å². The van der Waals surface area contributed by atoms with Crippen LogP contribution in [0.2, 0.25) is 9.88 Å². The van der Waals surface area contributed by atoms with Gasteiger partial charge in [-0.1, -0.05) is 0 Å². The fraction of sp³-hybridized carbons (Fsp3) is 0.500. The monoisotopic (exact) mass is 402 g/mol. The number of nitrogens with zero attached hydrogens (tertiary/aromatic N) is 1. The molecule has 7 heteroatoms. The van der Waals surface area contributed by atoms with Crippen LogP contribution in [0, 0.1) is 10.1 Å². The van der Waals surface area contributed by atoms with Crippen LogP contribution in [-0.2, 0) is 11.3 Å². The molecular weight excluding hydrogens is 379 g/mol. The van der Waals surface area contributed by atoms with Gasteiger partial charge in [0.1, 0.15) is 0 Å². The van der Waals surface area contributed by atoms with Gasteiger partial charge in [-0.25, -0.2) is 0 Å². The zero-order valence-corrected chi connectivity index (χ0v) is 16.4. The molecule has 0 saturated heterocycles. The van der Waals surface area contributed by atoms with Crippen molar-refractivity contribution in [1.82, 2.24) is 5.32 Å². The Morgan fingerprint density at radius 1 is 1.38 bits per heavy atom. The van der Waals surface area contributed by atoms with Crippen molar-refractivity contribution >= 4 is 35.1 Å². The number of rotatable bonds is 4. The van der Waals surface area contributed by atoms with Crippen molar-refractivity contribution < 1.29 is 14.5 Å². The number of hydrogen-bond donors (Lipinski definition) is 1. The molecule has 0 aliphatic carbocycles. The maximum atomic E-state index is 11.7. The van der Waals surface area contributed by atoms with Gasteiger partial charge in [0.05, 0.1) is 0 Å². The number of nitro benzene ring substituents is 1. The molecule has 0 aliphatic heterocycles. The van der Waals surface area contributed by atoms with Crippen molar-refractivity contribution in [2.45, 2.75) is 42.8 Å². The van der Waals surface area contributed by atoms with E-state index < -0.39 is 31.5 Å².